The van der Waals surface area contributed by atoms with Gasteiger partial charge in [-0.15, -0.1) is 0 Å². The van der Waals surface area contributed by atoms with E-state index < -0.39 is 17.8 Å². The molecule has 9 nitrogen and oxygen atoms in total. The molecule has 0 fully saturated rings. The number of hydrogen-bond donors (Lipinski definition) is 3. The second kappa shape index (κ2) is 14.0. The van der Waals surface area contributed by atoms with Crippen molar-refractivity contribution in [3.05, 3.63) is 65.7 Å². The van der Waals surface area contributed by atoms with Crippen molar-refractivity contribution in [2.24, 2.45) is 0 Å². The third-order valence-corrected chi connectivity index (χ3v) is 5.37. The van der Waals surface area contributed by atoms with Crippen LogP contribution in [0.2, 0.25) is 0 Å². The number of carbonyl (C=O) groups is 1. The van der Waals surface area contributed by atoms with Gasteiger partial charge in [-0.2, -0.15) is 22.5 Å². The molecule has 13 heteroatoms. The number of pyridine rings is 2. The fourth-order valence-corrected chi connectivity index (χ4v) is 3.50. The minimum absolute atomic E-state index is 0.111. The molecule has 0 bridgehead atoms. The summed E-state index contributed by atoms with van der Waals surface area (Å²) in [7, 11) is 0. The third-order valence-electron chi connectivity index (χ3n) is 5.26. The SMILES string of the molecule is Cc1ccc(-c2cccc(C(F)(F)F)c2)nc1N(CCO)C(=O)Nc1cccc(OCCCCOOS)n1. The number of anilines is 2. The van der Waals surface area contributed by atoms with Crippen molar-refractivity contribution < 1.29 is 37.0 Å². The lowest BCUT2D eigenvalue weighted by atomic mass is 10.1. The summed E-state index contributed by atoms with van der Waals surface area (Å²) >= 11 is 3.48. The number of aryl methyl sites for hydroxylation is 1. The van der Waals surface area contributed by atoms with E-state index in [-0.39, 0.29) is 36.0 Å². The van der Waals surface area contributed by atoms with Gasteiger partial charge < -0.3 is 9.84 Å². The number of thiol groups is 1. The molecule has 0 atom stereocenters. The van der Waals surface area contributed by atoms with Crippen LogP contribution in [0.15, 0.2) is 54.6 Å². The first-order valence-corrected chi connectivity index (χ1v) is 12.0. The third kappa shape index (κ3) is 8.31. The van der Waals surface area contributed by atoms with Crippen molar-refractivity contribution in [3.63, 3.8) is 0 Å². The first-order chi connectivity index (χ1) is 18.2. The maximum Gasteiger partial charge on any atom is 0.416 e. The number of halogens is 3. The Labute approximate surface area is 223 Å². The number of aliphatic hydroxyl groups excluding tert-OH is 1. The average Bonchev–Trinajstić information content (AvgIpc) is 2.89. The van der Waals surface area contributed by atoms with Gasteiger partial charge in [-0.05, 0) is 49.6 Å². The normalized spacial score (nSPS) is 11.3. The van der Waals surface area contributed by atoms with Gasteiger partial charge in [-0.3, -0.25) is 10.2 Å². The number of hydrogen-bond acceptors (Lipinski definition) is 8. The van der Waals surface area contributed by atoms with Gasteiger partial charge in [0.1, 0.15) is 11.6 Å². The van der Waals surface area contributed by atoms with E-state index in [1.807, 2.05) is 0 Å². The predicted molar refractivity (Wildman–Crippen MR) is 138 cm³/mol. The Bertz CT molecular complexity index is 1220. The number of rotatable bonds is 12. The maximum atomic E-state index is 13.2. The molecule has 0 aliphatic heterocycles. The van der Waals surface area contributed by atoms with Crippen molar-refractivity contribution in [3.8, 4) is 17.1 Å². The van der Waals surface area contributed by atoms with E-state index in [1.165, 1.54) is 17.0 Å². The van der Waals surface area contributed by atoms with Crippen LogP contribution in [-0.4, -0.2) is 47.5 Å². The quantitative estimate of drug-likeness (QED) is 0.0902. The van der Waals surface area contributed by atoms with Gasteiger partial charge in [-0.25, -0.2) is 14.7 Å². The van der Waals surface area contributed by atoms with Crippen molar-refractivity contribution in [2.75, 3.05) is 36.6 Å². The van der Waals surface area contributed by atoms with Crippen LogP contribution in [0.25, 0.3) is 11.3 Å². The summed E-state index contributed by atoms with van der Waals surface area (Å²) in [5.41, 5.74) is 0.257. The number of aliphatic hydroxyl groups is 1. The Balaban J connectivity index is 1.76. The monoisotopic (exact) mass is 552 g/mol. The van der Waals surface area contributed by atoms with Crippen LogP contribution < -0.4 is 15.0 Å². The molecule has 2 amide bonds. The minimum atomic E-state index is -4.51. The van der Waals surface area contributed by atoms with Crippen LogP contribution in [0, 0.1) is 6.92 Å². The summed E-state index contributed by atoms with van der Waals surface area (Å²) in [5, 5.41) is 12.3. The number of unbranched alkanes of at least 4 members (excludes halogenated alkanes) is 1. The molecule has 0 aliphatic rings. The van der Waals surface area contributed by atoms with E-state index in [4.69, 9.17) is 4.74 Å². The fraction of sp³-hybridized carbons (Fsp3) is 0.320. The highest BCUT2D eigenvalue weighted by atomic mass is 32.1. The standard InChI is InChI=1S/C25H27F3N4O5S/c1-17-10-11-20(18-6-4-7-19(16-18)25(26,27)28)29-23(17)32(12-13-33)24(34)31-21-8-5-9-22(30-21)35-14-2-3-15-36-37-38/h4-11,16,33,38H,2-3,12-15H2,1H3,(H,30,31,34). The largest absolute Gasteiger partial charge is 0.478 e. The van der Waals surface area contributed by atoms with Gasteiger partial charge in [0.15, 0.2) is 0 Å². The smallest absolute Gasteiger partial charge is 0.416 e. The van der Waals surface area contributed by atoms with Crippen LogP contribution >= 0.6 is 12.9 Å². The molecular formula is C25H27F3N4O5S. The number of amides is 2. The van der Waals surface area contributed by atoms with Crippen molar-refractivity contribution >= 4 is 30.6 Å². The summed E-state index contributed by atoms with van der Waals surface area (Å²) in [5.74, 6) is 0.684. The average molecular weight is 553 g/mol. The first-order valence-electron chi connectivity index (χ1n) is 11.6. The second-order valence-corrected chi connectivity index (χ2v) is 8.18. The molecule has 1 aromatic carbocycles. The van der Waals surface area contributed by atoms with Crippen molar-refractivity contribution in [1.29, 1.82) is 0 Å². The highest BCUT2D eigenvalue weighted by Crippen LogP contribution is 2.32. The van der Waals surface area contributed by atoms with Gasteiger partial charge >= 0.3 is 12.2 Å². The molecule has 3 aromatic rings. The van der Waals surface area contributed by atoms with Gasteiger partial charge in [0.05, 0.1) is 37.6 Å². The van der Waals surface area contributed by atoms with Gasteiger partial charge in [-0.1, -0.05) is 24.3 Å². The zero-order valence-electron chi connectivity index (χ0n) is 20.4. The van der Waals surface area contributed by atoms with Crippen LogP contribution in [0.4, 0.5) is 29.6 Å². The van der Waals surface area contributed by atoms with E-state index >= 15 is 0 Å². The summed E-state index contributed by atoms with van der Waals surface area (Å²) in [6.07, 6.45) is -3.15. The molecule has 0 spiro atoms. The van der Waals surface area contributed by atoms with Crippen LogP contribution in [0.1, 0.15) is 24.0 Å². The Morgan fingerprint density at radius 2 is 1.84 bits per heavy atom. The lowest BCUT2D eigenvalue weighted by Crippen LogP contribution is -2.38. The predicted octanol–water partition coefficient (Wildman–Crippen LogP) is 5.45. The van der Waals surface area contributed by atoms with Crippen LogP contribution in [0.5, 0.6) is 5.88 Å². The zero-order chi connectivity index (χ0) is 27.5. The van der Waals surface area contributed by atoms with E-state index in [0.29, 0.717) is 37.5 Å². The maximum absolute atomic E-state index is 13.2. The highest BCUT2D eigenvalue weighted by Gasteiger charge is 2.30. The molecule has 0 saturated carbocycles. The van der Waals surface area contributed by atoms with E-state index in [1.54, 1.807) is 37.3 Å². The number of ether oxygens (including phenoxy) is 1. The van der Waals surface area contributed by atoms with Gasteiger partial charge in [0.25, 0.3) is 0 Å². The van der Waals surface area contributed by atoms with E-state index in [2.05, 4.69) is 37.4 Å². The summed E-state index contributed by atoms with van der Waals surface area (Å²) in [4.78, 5) is 27.7. The van der Waals surface area contributed by atoms with Crippen molar-refractivity contribution in [2.45, 2.75) is 25.9 Å². The van der Waals surface area contributed by atoms with E-state index in [9.17, 15) is 23.1 Å². The fourth-order valence-electron chi connectivity index (χ4n) is 3.43. The Morgan fingerprint density at radius 3 is 2.58 bits per heavy atom. The number of aromatic nitrogens is 2. The van der Waals surface area contributed by atoms with Crippen LogP contribution in [-0.2, 0) is 15.4 Å². The number of alkyl halides is 3. The number of nitrogens with zero attached hydrogens (tertiary/aromatic N) is 3. The molecule has 2 heterocycles. The van der Waals surface area contributed by atoms with Crippen molar-refractivity contribution in [1.82, 2.24) is 9.97 Å². The minimum Gasteiger partial charge on any atom is -0.478 e. The van der Waals surface area contributed by atoms with Gasteiger partial charge in [0.2, 0.25) is 5.88 Å². The lowest BCUT2D eigenvalue weighted by molar-refractivity contribution is -0.188. The number of benzene rings is 1. The molecule has 2 N–H and O–H groups in total. The molecule has 0 aliphatic carbocycles. The summed E-state index contributed by atoms with van der Waals surface area (Å²) in [6, 6.07) is 12.2. The summed E-state index contributed by atoms with van der Waals surface area (Å²) in [6.45, 7) is 1.94. The van der Waals surface area contributed by atoms with Crippen LogP contribution in [0.3, 0.4) is 0 Å². The molecule has 204 valence electrons. The molecular weight excluding hydrogens is 525 g/mol. The Morgan fingerprint density at radius 1 is 1.08 bits per heavy atom. The molecule has 3 rings (SSSR count). The number of nitrogens with one attached hydrogen (secondary N) is 1. The Kier molecular flexibility index (Phi) is 10.7. The number of urea groups is 1. The Hall–Kier alpha value is -3.39. The zero-order valence-corrected chi connectivity index (χ0v) is 21.3. The van der Waals surface area contributed by atoms with Gasteiger partial charge in [0, 0.05) is 24.5 Å². The highest BCUT2D eigenvalue weighted by molar-refractivity contribution is 7.74. The second-order valence-electron chi connectivity index (χ2n) is 8.03. The first kappa shape index (κ1) is 29.2. The number of carbonyl (C=O) groups excluding carboxylic acids is 1. The summed E-state index contributed by atoms with van der Waals surface area (Å²) < 4.78 is 49.4. The lowest BCUT2D eigenvalue weighted by Gasteiger charge is -2.23. The molecule has 0 unspecified atom stereocenters. The van der Waals surface area contributed by atoms with E-state index in [0.717, 1.165) is 12.1 Å². The molecule has 38 heavy (non-hydrogen) atoms. The topological polar surface area (TPSA) is 106 Å². The molecule has 0 saturated heterocycles. The molecule has 2 aromatic heterocycles. The molecule has 0 radical (unpaired) electrons.